The van der Waals surface area contributed by atoms with E-state index in [1.54, 1.807) is 24.0 Å². The standard InChI is InChI=1S/C18H23FN2O3/c1-13(22)20-8-2-3-15(11-20)18(23)21-9-10-24-17(12-21)14-4-6-16(19)7-5-14/h4-7,15,17H,2-3,8-12H2,1H3/t15-,17+/m1/s1. The van der Waals surface area contributed by atoms with Gasteiger partial charge in [0.2, 0.25) is 11.8 Å². The SMILES string of the molecule is CC(=O)N1CCC[C@@H](C(=O)N2CCO[C@H](c3ccc(F)cc3)C2)C1. The van der Waals surface area contributed by atoms with Gasteiger partial charge in [-0.25, -0.2) is 4.39 Å². The number of halogens is 1. The molecule has 3 rings (SSSR count). The van der Waals surface area contributed by atoms with Gasteiger partial charge in [0.15, 0.2) is 0 Å². The van der Waals surface area contributed by atoms with Gasteiger partial charge in [0.05, 0.1) is 19.1 Å². The fraction of sp³-hybridized carbons (Fsp3) is 0.556. The van der Waals surface area contributed by atoms with Gasteiger partial charge < -0.3 is 14.5 Å². The first-order chi connectivity index (χ1) is 11.5. The number of rotatable bonds is 2. The van der Waals surface area contributed by atoms with E-state index in [0.717, 1.165) is 24.9 Å². The Labute approximate surface area is 141 Å². The summed E-state index contributed by atoms with van der Waals surface area (Å²) in [5.74, 6) is -0.293. The van der Waals surface area contributed by atoms with Crippen molar-refractivity contribution < 1.29 is 18.7 Å². The number of hydrogen-bond donors (Lipinski definition) is 0. The van der Waals surface area contributed by atoms with E-state index in [1.807, 2.05) is 4.90 Å². The summed E-state index contributed by atoms with van der Waals surface area (Å²) in [4.78, 5) is 28.0. The summed E-state index contributed by atoms with van der Waals surface area (Å²) in [6, 6.07) is 6.22. The van der Waals surface area contributed by atoms with Crippen molar-refractivity contribution in [3.63, 3.8) is 0 Å². The molecule has 2 amide bonds. The third kappa shape index (κ3) is 3.75. The summed E-state index contributed by atoms with van der Waals surface area (Å²) in [5.41, 5.74) is 0.878. The number of piperidine rings is 1. The Morgan fingerprint density at radius 3 is 2.58 bits per heavy atom. The van der Waals surface area contributed by atoms with E-state index in [1.165, 1.54) is 12.1 Å². The lowest BCUT2D eigenvalue weighted by Crippen LogP contribution is -2.49. The molecule has 5 nitrogen and oxygen atoms in total. The number of benzene rings is 1. The Hall–Kier alpha value is -1.95. The zero-order valence-electron chi connectivity index (χ0n) is 13.9. The van der Waals surface area contributed by atoms with Gasteiger partial charge in [0.25, 0.3) is 0 Å². The third-order valence-corrected chi connectivity index (χ3v) is 4.84. The molecule has 0 bridgehead atoms. The van der Waals surface area contributed by atoms with Crippen LogP contribution in [0.5, 0.6) is 0 Å². The molecule has 6 heteroatoms. The minimum Gasteiger partial charge on any atom is -0.370 e. The lowest BCUT2D eigenvalue weighted by molar-refractivity contribution is -0.146. The second kappa shape index (κ2) is 7.30. The van der Waals surface area contributed by atoms with Gasteiger partial charge in [-0.3, -0.25) is 9.59 Å². The molecule has 2 aliphatic rings. The second-order valence-electron chi connectivity index (χ2n) is 6.50. The minimum atomic E-state index is -0.283. The molecule has 0 radical (unpaired) electrons. The number of amides is 2. The van der Waals surface area contributed by atoms with Crippen molar-refractivity contribution in [3.8, 4) is 0 Å². The van der Waals surface area contributed by atoms with Gasteiger partial charge >= 0.3 is 0 Å². The molecule has 0 unspecified atom stereocenters. The molecule has 2 aliphatic heterocycles. The fourth-order valence-electron chi connectivity index (χ4n) is 3.45. The normalized spacial score (nSPS) is 24.8. The molecule has 2 fully saturated rings. The molecule has 2 heterocycles. The molecular formula is C18H23FN2O3. The third-order valence-electron chi connectivity index (χ3n) is 4.84. The van der Waals surface area contributed by atoms with Crippen molar-refractivity contribution in [2.75, 3.05) is 32.8 Å². The summed E-state index contributed by atoms with van der Waals surface area (Å²) in [6.07, 6.45) is 1.46. The highest BCUT2D eigenvalue weighted by Gasteiger charge is 2.33. The largest absolute Gasteiger partial charge is 0.370 e. The number of hydrogen-bond acceptors (Lipinski definition) is 3. The van der Waals surface area contributed by atoms with Crippen LogP contribution in [0.25, 0.3) is 0 Å². The minimum absolute atomic E-state index is 0.0265. The first-order valence-corrected chi connectivity index (χ1v) is 8.46. The number of ether oxygens (including phenoxy) is 1. The maximum absolute atomic E-state index is 13.1. The average Bonchev–Trinajstić information content (AvgIpc) is 2.62. The Morgan fingerprint density at radius 1 is 1.12 bits per heavy atom. The molecule has 130 valence electrons. The first kappa shape index (κ1) is 16.9. The van der Waals surface area contributed by atoms with E-state index in [0.29, 0.717) is 26.2 Å². The Bertz CT molecular complexity index is 605. The van der Waals surface area contributed by atoms with Crippen LogP contribution in [0.15, 0.2) is 24.3 Å². The summed E-state index contributed by atoms with van der Waals surface area (Å²) >= 11 is 0. The lowest BCUT2D eigenvalue weighted by Gasteiger charge is -2.38. The van der Waals surface area contributed by atoms with Crippen LogP contribution < -0.4 is 0 Å². The Kier molecular flexibility index (Phi) is 5.14. The molecule has 24 heavy (non-hydrogen) atoms. The van der Waals surface area contributed by atoms with Gasteiger partial charge in [-0.05, 0) is 30.5 Å². The topological polar surface area (TPSA) is 49.9 Å². The number of nitrogens with zero attached hydrogens (tertiary/aromatic N) is 2. The van der Waals surface area contributed by atoms with Gasteiger partial charge in [-0.1, -0.05) is 12.1 Å². The maximum Gasteiger partial charge on any atom is 0.227 e. The predicted molar refractivity (Wildman–Crippen MR) is 86.7 cm³/mol. The van der Waals surface area contributed by atoms with Crippen molar-refractivity contribution in [2.45, 2.75) is 25.9 Å². The monoisotopic (exact) mass is 334 g/mol. The van der Waals surface area contributed by atoms with Crippen molar-refractivity contribution in [3.05, 3.63) is 35.6 Å². The van der Waals surface area contributed by atoms with Crippen LogP contribution in [0.1, 0.15) is 31.4 Å². The highest BCUT2D eigenvalue weighted by molar-refractivity contribution is 5.81. The van der Waals surface area contributed by atoms with Crippen molar-refractivity contribution in [2.24, 2.45) is 5.92 Å². The van der Waals surface area contributed by atoms with Crippen molar-refractivity contribution in [1.82, 2.24) is 9.80 Å². The van der Waals surface area contributed by atoms with Gasteiger partial charge in [0, 0.05) is 26.6 Å². The quantitative estimate of drug-likeness (QED) is 0.831. The van der Waals surface area contributed by atoms with Crippen LogP contribution >= 0.6 is 0 Å². The molecule has 0 N–H and O–H groups in total. The molecule has 0 saturated carbocycles. The Balaban J connectivity index is 1.64. The summed E-state index contributed by atoms with van der Waals surface area (Å²) in [6.45, 7) is 4.30. The van der Waals surface area contributed by atoms with Crippen LogP contribution in [-0.2, 0) is 14.3 Å². The van der Waals surface area contributed by atoms with Crippen molar-refractivity contribution >= 4 is 11.8 Å². The number of carbonyl (C=O) groups excluding carboxylic acids is 2. The molecule has 0 aliphatic carbocycles. The summed E-state index contributed by atoms with van der Waals surface area (Å²) in [7, 11) is 0. The number of carbonyl (C=O) groups is 2. The zero-order valence-corrected chi connectivity index (χ0v) is 13.9. The second-order valence-corrected chi connectivity index (χ2v) is 6.50. The average molecular weight is 334 g/mol. The van der Waals surface area contributed by atoms with Gasteiger partial charge in [-0.15, -0.1) is 0 Å². The maximum atomic E-state index is 13.1. The molecule has 1 aromatic carbocycles. The van der Waals surface area contributed by atoms with E-state index in [9.17, 15) is 14.0 Å². The van der Waals surface area contributed by atoms with Gasteiger partial charge in [-0.2, -0.15) is 0 Å². The van der Waals surface area contributed by atoms with E-state index in [2.05, 4.69) is 0 Å². The molecule has 2 saturated heterocycles. The van der Waals surface area contributed by atoms with E-state index >= 15 is 0 Å². The van der Waals surface area contributed by atoms with Crippen molar-refractivity contribution in [1.29, 1.82) is 0 Å². The van der Waals surface area contributed by atoms with Crippen LogP contribution in [0.4, 0.5) is 4.39 Å². The van der Waals surface area contributed by atoms with E-state index in [-0.39, 0.29) is 29.7 Å². The fourth-order valence-corrected chi connectivity index (χ4v) is 3.45. The number of likely N-dealkylation sites (tertiary alicyclic amines) is 1. The van der Waals surface area contributed by atoms with Crippen LogP contribution in [0, 0.1) is 11.7 Å². The molecule has 1 aromatic rings. The summed E-state index contributed by atoms with van der Waals surface area (Å²) < 4.78 is 18.8. The van der Waals surface area contributed by atoms with E-state index < -0.39 is 0 Å². The molecule has 2 atom stereocenters. The van der Waals surface area contributed by atoms with Crippen LogP contribution in [0.2, 0.25) is 0 Å². The highest BCUT2D eigenvalue weighted by atomic mass is 19.1. The van der Waals surface area contributed by atoms with E-state index in [4.69, 9.17) is 4.74 Å². The van der Waals surface area contributed by atoms with Crippen LogP contribution in [0.3, 0.4) is 0 Å². The van der Waals surface area contributed by atoms with Gasteiger partial charge in [0.1, 0.15) is 11.9 Å². The smallest absolute Gasteiger partial charge is 0.227 e. The highest BCUT2D eigenvalue weighted by Crippen LogP contribution is 2.25. The molecule has 0 spiro atoms. The number of morpholine rings is 1. The predicted octanol–water partition coefficient (Wildman–Crippen LogP) is 1.98. The first-order valence-electron chi connectivity index (χ1n) is 8.46. The molecular weight excluding hydrogens is 311 g/mol. The van der Waals surface area contributed by atoms with Crippen LogP contribution in [-0.4, -0.2) is 54.4 Å². The zero-order chi connectivity index (χ0) is 17.1. The Morgan fingerprint density at radius 2 is 1.88 bits per heavy atom. The molecule has 0 aromatic heterocycles. The lowest BCUT2D eigenvalue weighted by atomic mass is 9.95. The summed E-state index contributed by atoms with van der Waals surface area (Å²) in [5, 5.41) is 0.